The molecule has 0 unspecified atom stereocenters. The molecule has 0 radical (unpaired) electrons. The molecule has 0 fully saturated rings. The zero-order valence-corrected chi connectivity index (χ0v) is 13.2. The second-order valence-electron chi connectivity index (χ2n) is 5.27. The van der Waals surface area contributed by atoms with E-state index in [9.17, 15) is 4.79 Å². The lowest BCUT2D eigenvalue weighted by atomic mass is 10.00. The van der Waals surface area contributed by atoms with Crippen LogP contribution in [0.4, 0.5) is 0 Å². The predicted octanol–water partition coefficient (Wildman–Crippen LogP) is 5.13. The summed E-state index contributed by atoms with van der Waals surface area (Å²) in [7, 11) is 0. The second-order valence-corrected chi connectivity index (χ2v) is 6.43. The van der Waals surface area contributed by atoms with Gasteiger partial charge in [-0.05, 0) is 28.5 Å². The highest BCUT2D eigenvalue weighted by molar-refractivity contribution is 7.99. The van der Waals surface area contributed by atoms with Gasteiger partial charge in [0.15, 0.2) is 0 Å². The smallest absolute Gasteiger partial charge is 0.138 e. The summed E-state index contributed by atoms with van der Waals surface area (Å²) >= 11 is 1.74. The summed E-state index contributed by atoms with van der Waals surface area (Å²) in [5, 5.41) is 2.39. The highest BCUT2D eigenvalue weighted by Gasteiger charge is 2.07. The molecule has 0 spiro atoms. The summed E-state index contributed by atoms with van der Waals surface area (Å²) in [6.07, 6.45) is 1.14. The Bertz CT molecular complexity index is 760. The first-order valence-corrected chi connectivity index (χ1v) is 8.48. The molecule has 110 valence electrons. The Balaban J connectivity index is 1.59. The molecule has 3 rings (SSSR count). The first-order chi connectivity index (χ1) is 10.8. The Morgan fingerprint density at radius 3 is 2.41 bits per heavy atom. The minimum atomic E-state index is 0.305. The number of Topliss-reactive ketones (excluding diaryl/α,β-unsaturated/α-hetero) is 1. The molecule has 0 atom stereocenters. The average molecular weight is 306 g/mol. The van der Waals surface area contributed by atoms with Gasteiger partial charge in [0.1, 0.15) is 5.78 Å². The maximum Gasteiger partial charge on any atom is 0.138 e. The van der Waals surface area contributed by atoms with Crippen LogP contribution in [0.25, 0.3) is 10.8 Å². The third kappa shape index (κ3) is 3.77. The molecule has 2 heteroatoms. The highest BCUT2D eigenvalue weighted by atomic mass is 32.2. The fourth-order valence-corrected chi connectivity index (χ4v) is 3.46. The molecule has 0 aliphatic carbocycles. The third-order valence-corrected chi connectivity index (χ3v) is 4.67. The number of fused-ring (bicyclic) bond motifs is 1. The van der Waals surface area contributed by atoms with E-state index in [1.807, 2.05) is 36.4 Å². The van der Waals surface area contributed by atoms with Crippen LogP contribution >= 0.6 is 11.8 Å². The van der Waals surface area contributed by atoms with E-state index in [0.29, 0.717) is 18.6 Å². The van der Waals surface area contributed by atoms with Crippen molar-refractivity contribution in [1.82, 2.24) is 0 Å². The molecule has 0 N–H and O–H groups in total. The zero-order chi connectivity index (χ0) is 15.2. The van der Waals surface area contributed by atoms with Gasteiger partial charge < -0.3 is 0 Å². The van der Waals surface area contributed by atoms with Gasteiger partial charge in [-0.2, -0.15) is 0 Å². The van der Waals surface area contributed by atoms with Gasteiger partial charge >= 0.3 is 0 Å². The maximum absolute atomic E-state index is 12.2. The summed E-state index contributed by atoms with van der Waals surface area (Å²) in [6, 6.07) is 24.7. The molecule has 0 amide bonds. The van der Waals surface area contributed by atoms with E-state index in [0.717, 1.165) is 11.3 Å². The van der Waals surface area contributed by atoms with Crippen LogP contribution < -0.4 is 0 Å². The van der Waals surface area contributed by atoms with Crippen LogP contribution in [0.3, 0.4) is 0 Å². The van der Waals surface area contributed by atoms with Crippen LogP contribution in [-0.2, 0) is 11.2 Å². The van der Waals surface area contributed by atoms with Crippen LogP contribution in [0.1, 0.15) is 12.0 Å². The van der Waals surface area contributed by atoms with Gasteiger partial charge in [-0.15, -0.1) is 11.8 Å². The van der Waals surface area contributed by atoms with Crippen molar-refractivity contribution in [2.75, 3.05) is 5.75 Å². The minimum Gasteiger partial charge on any atom is -0.299 e. The number of thioether (sulfide) groups is 1. The number of carbonyl (C=O) groups is 1. The van der Waals surface area contributed by atoms with Crippen molar-refractivity contribution in [2.45, 2.75) is 17.7 Å². The Morgan fingerprint density at radius 2 is 1.55 bits per heavy atom. The molecule has 3 aromatic carbocycles. The lowest BCUT2D eigenvalue weighted by Crippen LogP contribution is -2.04. The lowest BCUT2D eigenvalue weighted by Gasteiger charge is -2.06. The summed E-state index contributed by atoms with van der Waals surface area (Å²) < 4.78 is 0. The van der Waals surface area contributed by atoms with E-state index in [-0.39, 0.29) is 0 Å². The highest BCUT2D eigenvalue weighted by Crippen LogP contribution is 2.21. The van der Waals surface area contributed by atoms with Gasteiger partial charge in [-0.1, -0.05) is 60.7 Å². The van der Waals surface area contributed by atoms with E-state index < -0.39 is 0 Å². The molecule has 3 aromatic rings. The van der Waals surface area contributed by atoms with Crippen LogP contribution in [-0.4, -0.2) is 11.5 Å². The van der Waals surface area contributed by atoms with Gasteiger partial charge in [0.2, 0.25) is 0 Å². The Kier molecular flexibility index (Phi) is 4.92. The standard InChI is InChI=1S/C20H18OS/c21-18(13-14-22-19-10-2-1-3-11-19)15-17-9-6-8-16-7-4-5-12-20(16)17/h1-12H,13-15H2. The molecule has 0 heterocycles. The second kappa shape index (κ2) is 7.28. The Labute approximate surface area is 135 Å². The number of carbonyl (C=O) groups excluding carboxylic acids is 1. The summed E-state index contributed by atoms with van der Waals surface area (Å²) in [5.41, 5.74) is 1.13. The predicted molar refractivity (Wildman–Crippen MR) is 94.4 cm³/mol. The van der Waals surface area contributed by atoms with Crippen molar-refractivity contribution in [1.29, 1.82) is 0 Å². The number of hydrogen-bond acceptors (Lipinski definition) is 2. The van der Waals surface area contributed by atoms with Crippen molar-refractivity contribution >= 4 is 28.3 Å². The lowest BCUT2D eigenvalue weighted by molar-refractivity contribution is -0.118. The van der Waals surface area contributed by atoms with Crippen molar-refractivity contribution in [3.63, 3.8) is 0 Å². The van der Waals surface area contributed by atoms with Gasteiger partial charge in [-0.25, -0.2) is 0 Å². The molecular formula is C20H18OS. The van der Waals surface area contributed by atoms with Crippen LogP contribution in [0.2, 0.25) is 0 Å². The van der Waals surface area contributed by atoms with E-state index >= 15 is 0 Å². The molecule has 22 heavy (non-hydrogen) atoms. The zero-order valence-electron chi connectivity index (χ0n) is 12.4. The summed E-state index contributed by atoms with van der Waals surface area (Å²) in [6.45, 7) is 0. The number of benzene rings is 3. The molecule has 1 nitrogen and oxygen atoms in total. The molecule has 0 saturated carbocycles. The molecule has 0 aromatic heterocycles. The molecule has 0 aliphatic heterocycles. The average Bonchev–Trinajstić information content (AvgIpc) is 2.56. The SMILES string of the molecule is O=C(CCSc1ccccc1)Cc1cccc2ccccc12. The Hall–Kier alpha value is -2.06. The van der Waals surface area contributed by atoms with Crippen LogP contribution in [0, 0.1) is 0 Å². The minimum absolute atomic E-state index is 0.305. The van der Waals surface area contributed by atoms with Gasteiger partial charge in [-0.3, -0.25) is 4.79 Å². The molecule has 0 saturated heterocycles. The van der Waals surface area contributed by atoms with Gasteiger partial charge in [0.25, 0.3) is 0 Å². The van der Waals surface area contributed by atoms with E-state index in [4.69, 9.17) is 0 Å². The number of rotatable bonds is 6. The summed E-state index contributed by atoms with van der Waals surface area (Å²) in [5.74, 6) is 1.15. The number of hydrogen-bond donors (Lipinski definition) is 0. The Morgan fingerprint density at radius 1 is 0.818 bits per heavy atom. The number of ketones is 1. The van der Waals surface area contributed by atoms with Crippen molar-refractivity contribution < 1.29 is 4.79 Å². The first kappa shape index (κ1) is 14.9. The molecular weight excluding hydrogens is 288 g/mol. The normalized spacial score (nSPS) is 10.7. The van der Waals surface area contributed by atoms with Gasteiger partial charge in [0.05, 0.1) is 0 Å². The summed E-state index contributed by atoms with van der Waals surface area (Å²) in [4.78, 5) is 13.5. The third-order valence-electron chi connectivity index (χ3n) is 3.66. The molecule has 0 bridgehead atoms. The fourth-order valence-electron chi connectivity index (χ4n) is 2.55. The monoisotopic (exact) mass is 306 g/mol. The van der Waals surface area contributed by atoms with Crippen LogP contribution in [0.5, 0.6) is 0 Å². The van der Waals surface area contributed by atoms with Crippen LogP contribution in [0.15, 0.2) is 77.7 Å². The quantitative estimate of drug-likeness (QED) is 0.587. The van der Waals surface area contributed by atoms with Crippen molar-refractivity contribution in [3.8, 4) is 0 Å². The van der Waals surface area contributed by atoms with Crippen molar-refractivity contribution in [2.24, 2.45) is 0 Å². The maximum atomic E-state index is 12.2. The first-order valence-electron chi connectivity index (χ1n) is 7.49. The van der Waals surface area contributed by atoms with Crippen molar-refractivity contribution in [3.05, 3.63) is 78.4 Å². The van der Waals surface area contributed by atoms with E-state index in [1.54, 1.807) is 11.8 Å². The fraction of sp³-hybridized carbons (Fsp3) is 0.150. The largest absolute Gasteiger partial charge is 0.299 e. The molecule has 0 aliphatic rings. The van der Waals surface area contributed by atoms with E-state index in [1.165, 1.54) is 15.7 Å². The van der Waals surface area contributed by atoms with Gasteiger partial charge in [0, 0.05) is 23.5 Å². The topological polar surface area (TPSA) is 17.1 Å². The van der Waals surface area contributed by atoms with E-state index in [2.05, 4.69) is 36.4 Å².